The number of hydrogen-bond donors (Lipinski definition) is 1. The number of rotatable bonds is 6. The number of nitrogens with zero attached hydrogens (tertiary/aromatic N) is 3. The van der Waals surface area contributed by atoms with Crippen molar-refractivity contribution in [3.05, 3.63) is 106 Å². The standard InChI is InChI=1S/C33H30N4O4/c1-20(2)41-33(40)25-12-10-23(11-13-25)29-30-27(21(3)18-35-29)26(19-36-30)31(38)32(39)37-16-14-24(15-17-37)28(34-4)22-8-6-5-7-9-22/h5-13,18-20,36H,14-17H2,1-3H3. The summed E-state index contributed by atoms with van der Waals surface area (Å²) in [5.74, 6) is -1.53. The number of ether oxygens (including phenoxy) is 1. The minimum absolute atomic E-state index is 0.216. The summed E-state index contributed by atoms with van der Waals surface area (Å²) < 4.78 is 5.26. The molecule has 3 heterocycles. The number of carbonyl (C=O) groups excluding carboxylic acids is 3. The van der Waals surface area contributed by atoms with Crippen molar-refractivity contribution in [3.63, 3.8) is 0 Å². The molecule has 1 aliphatic rings. The van der Waals surface area contributed by atoms with Crippen LogP contribution in [-0.2, 0) is 9.53 Å². The predicted octanol–water partition coefficient (Wildman–Crippen LogP) is 6.24. The van der Waals surface area contributed by atoms with Gasteiger partial charge in [-0.1, -0.05) is 48.0 Å². The molecule has 0 unspecified atom stereocenters. The maximum atomic E-state index is 13.5. The van der Waals surface area contributed by atoms with Crippen molar-refractivity contribution in [1.29, 1.82) is 0 Å². The minimum atomic E-state index is -0.579. The summed E-state index contributed by atoms with van der Waals surface area (Å²) in [6.45, 7) is 13.9. The Morgan fingerprint density at radius 3 is 2.32 bits per heavy atom. The molecular formula is C33H30N4O4. The molecule has 1 N–H and O–H groups in total. The van der Waals surface area contributed by atoms with Crippen molar-refractivity contribution in [3.8, 4) is 11.3 Å². The summed E-state index contributed by atoms with van der Waals surface area (Å²) >= 11 is 0. The van der Waals surface area contributed by atoms with Gasteiger partial charge in [0.2, 0.25) is 0 Å². The SMILES string of the molecule is [C-]#[N+]C(=C1CCN(C(=O)C(=O)c2c[nH]c3c(-c4ccc(C(=O)OC(C)C)cc4)ncc(C)c23)CC1)c1ccccc1. The molecule has 0 spiro atoms. The molecule has 2 aromatic carbocycles. The number of pyridine rings is 1. The van der Waals surface area contributed by atoms with E-state index in [1.54, 1.807) is 55.4 Å². The number of nitrogens with one attached hydrogen (secondary N) is 1. The number of Topliss-reactive ketones (excluding diaryl/α,β-unsaturated/α-hetero) is 1. The molecule has 0 bridgehead atoms. The second kappa shape index (κ2) is 11.6. The average Bonchev–Trinajstić information content (AvgIpc) is 3.44. The molecular weight excluding hydrogens is 516 g/mol. The Labute approximate surface area is 238 Å². The second-order valence-electron chi connectivity index (χ2n) is 10.3. The maximum absolute atomic E-state index is 13.5. The minimum Gasteiger partial charge on any atom is -0.459 e. The van der Waals surface area contributed by atoms with E-state index in [9.17, 15) is 14.4 Å². The molecule has 8 heteroatoms. The lowest BCUT2D eigenvalue weighted by Crippen LogP contribution is -2.40. The lowest BCUT2D eigenvalue weighted by atomic mass is 9.97. The van der Waals surface area contributed by atoms with Crippen LogP contribution in [0.1, 0.15) is 58.5 Å². The highest BCUT2D eigenvalue weighted by Gasteiger charge is 2.29. The molecule has 1 aliphatic heterocycles. The van der Waals surface area contributed by atoms with Gasteiger partial charge in [-0.05, 0) is 56.9 Å². The number of benzene rings is 2. The molecule has 2 aromatic heterocycles. The Hall–Kier alpha value is -5.03. The molecule has 206 valence electrons. The zero-order valence-corrected chi connectivity index (χ0v) is 23.2. The number of likely N-dealkylation sites (tertiary alicyclic amines) is 1. The van der Waals surface area contributed by atoms with Crippen LogP contribution in [0.15, 0.2) is 72.6 Å². The number of piperidine rings is 1. The Balaban J connectivity index is 1.37. The molecule has 0 atom stereocenters. The first kappa shape index (κ1) is 27.5. The van der Waals surface area contributed by atoms with E-state index in [1.165, 1.54) is 0 Å². The van der Waals surface area contributed by atoms with Gasteiger partial charge in [-0.3, -0.25) is 14.6 Å². The van der Waals surface area contributed by atoms with Crippen molar-refractivity contribution in [2.75, 3.05) is 13.1 Å². The van der Waals surface area contributed by atoms with Crippen LogP contribution >= 0.6 is 0 Å². The first-order valence-electron chi connectivity index (χ1n) is 13.5. The van der Waals surface area contributed by atoms with Gasteiger partial charge in [-0.25, -0.2) is 9.64 Å². The molecule has 1 fully saturated rings. The van der Waals surface area contributed by atoms with Crippen LogP contribution in [0, 0.1) is 13.5 Å². The van der Waals surface area contributed by atoms with Gasteiger partial charge in [0.25, 0.3) is 11.7 Å². The topological polar surface area (TPSA) is 96.7 Å². The molecule has 1 amide bonds. The smallest absolute Gasteiger partial charge is 0.338 e. The monoisotopic (exact) mass is 546 g/mol. The highest BCUT2D eigenvalue weighted by Crippen LogP contribution is 2.32. The van der Waals surface area contributed by atoms with Crippen LogP contribution in [0.3, 0.4) is 0 Å². The second-order valence-corrected chi connectivity index (χ2v) is 10.3. The van der Waals surface area contributed by atoms with Crippen LogP contribution in [0.4, 0.5) is 0 Å². The Morgan fingerprint density at radius 1 is 1.00 bits per heavy atom. The van der Waals surface area contributed by atoms with Crippen LogP contribution in [-0.4, -0.2) is 51.7 Å². The van der Waals surface area contributed by atoms with E-state index in [-0.39, 0.29) is 6.10 Å². The van der Waals surface area contributed by atoms with Crippen molar-refractivity contribution < 1.29 is 19.1 Å². The molecule has 41 heavy (non-hydrogen) atoms. The van der Waals surface area contributed by atoms with Crippen LogP contribution in [0.2, 0.25) is 0 Å². The van der Waals surface area contributed by atoms with Gasteiger partial charge in [-0.2, -0.15) is 0 Å². The number of aromatic amines is 1. The third kappa shape index (κ3) is 5.52. The fourth-order valence-electron chi connectivity index (χ4n) is 5.17. The largest absolute Gasteiger partial charge is 0.459 e. The summed E-state index contributed by atoms with van der Waals surface area (Å²) in [5, 5.41) is 0.647. The summed E-state index contributed by atoms with van der Waals surface area (Å²) in [6, 6.07) is 16.5. The first-order chi connectivity index (χ1) is 19.8. The number of aryl methyl sites for hydroxylation is 1. The van der Waals surface area contributed by atoms with E-state index in [1.807, 2.05) is 37.3 Å². The van der Waals surface area contributed by atoms with E-state index >= 15 is 0 Å². The summed E-state index contributed by atoms with van der Waals surface area (Å²) in [6.07, 6.45) is 4.13. The van der Waals surface area contributed by atoms with Gasteiger partial charge in [0.05, 0.1) is 35.0 Å². The first-order valence-corrected chi connectivity index (χ1v) is 13.5. The lowest BCUT2D eigenvalue weighted by Gasteiger charge is -2.28. The fourth-order valence-corrected chi connectivity index (χ4v) is 5.17. The number of ketones is 1. The molecule has 5 rings (SSSR count). The number of amides is 1. The van der Waals surface area contributed by atoms with E-state index < -0.39 is 17.7 Å². The highest BCUT2D eigenvalue weighted by molar-refractivity contribution is 6.45. The summed E-state index contributed by atoms with van der Waals surface area (Å²) in [7, 11) is 0. The van der Waals surface area contributed by atoms with Crippen LogP contribution in [0.5, 0.6) is 0 Å². The quantitative estimate of drug-likeness (QED) is 0.134. The van der Waals surface area contributed by atoms with E-state index in [2.05, 4.69) is 14.8 Å². The normalized spacial score (nSPS) is 13.2. The zero-order chi connectivity index (χ0) is 29.1. The van der Waals surface area contributed by atoms with Crippen molar-refractivity contribution in [2.24, 2.45) is 0 Å². The zero-order valence-electron chi connectivity index (χ0n) is 23.2. The van der Waals surface area contributed by atoms with Crippen LogP contribution < -0.4 is 0 Å². The van der Waals surface area contributed by atoms with Crippen molar-refractivity contribution in [1.82, 2.24) is 14.9 Å². The number of carbonyl (C=O) groups is 3. The van der Waals surface area contributed by atoms with E-state index in [4.69, 9.17) is 11.3 Å². The molecule has 0 aliphatic carbocycles. The van der Waals surface area contributed by atoms with E-state index in [0.717, 1.165) is 22.3 Å². The molecule has 1 saturated heterocycles. The number of aromatic nitrogens is 2. The van der Waals surface area contributed by atoms with E-state index in [0.29, 0.717) is 59.4 Å². The third-order valence-electron chi connectivity index (χ3n) is 7.22. The van der Waals surface area contributed by atoms with Gasteiger partial charge < -0.3 is 14.6 Å². The molecule has 0 saturated carbocycles. The van der Waals surface area contributed by atoms with Gasteiger partial charge in [-0.15, -0.1) is 0 Å². The summed E-state index contributed by atoms with van der Waals surface area (Å²) in [4.78, 5) is 52.1. The molecule has 0 radical (unpaired) electrons. The Kier molecular flexibility index (Phi) is 7.79. The third-order valence-corrected chi connectivity index (χ3v) is 7.22. The Morgan fingerprint density at radius 2 is 1.68 bits per heavy atom. The lowest BCUT2D eigenvalue weighted by molar-refractivity contribution is -0.126. The van der Waals surface area contributed by atoms with Gasteiger partial charge in [0.1, 0.15) is 0 Å². The maximum Gasteiger partial charge on any atom is 0.338 e. The highest BCUT2D eigenvalue weighted by atomic mass is 16.5. The fraction of sp³-hybridized carbons (Fsp3) is 0.242. The molecule has 4 aromatic rings. The number of fused-ring (bicyclic) bond motifs is 1. The molecule has 8 nitrogen and oxygen atoms in total. The van der Waals surface area contributed by atoms with Gasteiger partial charge >= 0.3 is 5.97 Å². The predicted molar refractivity (Wildman–Crippen MR) is 157 cm³/mol. The van der Waals surface area contributed by atoms with Crippen LogP contribution in [0.25, 0.3) is 32.7 Å². The van der Waals surface area contributed by atoms with Gasteiger partial charge in [0.15, 0.2) is 5.70 Å². The number of hydrogen-bond acceptors (Lipinski definition) is 5. The van der Waals surface area contributed by atoms with Gasteiger partial charge in [0, 0.05) is 36.4 Å². The average molecular weight is 547 g/mol. The number of esters is 1. The van der Waals surface area contributed by atoms with Crippen molar-refractivity contribution >= 4 is 34.3 Å². The number of H-pyrrole nitrogens is 1. The summed E-state index contributed by atoms with van der Waals surface area (Å²) in [5.41, 5.74) is 6.03. The van der Waals surface area contributed by atoms with Crippen molar-refractivity contribution in [2.45, 2.75) is 39.7 Å². The Bertz CT molecular complexity index is 1700.